The summed E-state index contributed by atoms with van der Waals surface area (Å²) in [6, 6.07) is 7.15. The van der Waals surface area contributed by atoms with E-state index in [0.717, 1.165) is 4.47 Å². The second-order valence-electron chi connectivity index (χ2n) is 2.06. The van der Waals surface area contributed by atoms with E-state index in [1.54, 1.807) is 12.1 Å². The number of rotatable bonds is 2. The van der Waals surface area contributed by atoms with Crippen LogP contribution in [0.15, 0.2) is 28.7 Å². The lowest BCUT2D eigenvalue weighted by Crippen LogP contribution is -2.08. The van der Waals surface area contributed by atoms with Crippen LogP contribution in [-0.4, -0.2) is 10.4 Å². The Hall–Kier alpha value is -0.100. The topological polar surface area (TPSA) is 26.3 Å². The number of esters is 1. The molecule has 0 radical (unpaired) electrons. The lowest BCUT2D eigenvalue weighted by atomic mass is 10.3. The first-order chi connectivity index (χ1) is 5.72. The molecule has 64 valence electrons. The Labute approximate surface area is 92.6 Å². The Morgan fingerprint density at radius 1 is 1.42 bits per heavy atom. The van der Waals surface area contributed by atoms with Crippen LogP contribution in [0.25, 0.3) is 0 Å². The first kappa shape index (κ1) is 9.98. The third-order valence-corrected chi connectivity index (χ3v) is 2.31. The summed E-state index contributed by atoms with van der Waals surface area (Å²) in [6.45, 7) is 0. The molecular weight excluding hydrogens is 335 g/mol. The highest BCUT2D eigenvalue weighted by Gasteiger charge is 2.00. The summed E-state index contributed by atoms with van der Waals surface area (Å²) in [7, 11) is 0. The van der Waals surface area contributed by atoms with Crippen molar-refractivity contribution in [3.05, 3.63) is 28.7 Å². The quantitative estimate of drug-likeness (QED) is 0.358. The van der Waals surface area contributed by atoms with Gasteiger partial charge in [-0.25, -0.2) is 0 Å². The molecule has 1 rings (SSSR count). The minimum absolute atomic E-state index is 0.224. The standard InChI is InChI=1S/C8H6BrIO2/c9-6-1-3-7(4-2-6)12-8(11)5-10/h1-4H,5H2. The second-order valence-corrected chi connectivity index (χ2v) is 3.74. The summed E-state index contributed by atoms with van der Waals surface area (Å²) in [5, 5.41) is 0. The average Bonchev–Trinajstić information content (AvgIpc) is 2.09. The van der Waals surface area contributed by atoms with E-state index in [-0.39, 0.29) is 5.97 Å². The second kappa shape index (κ2) is 4.81. The summed E-state index contributed by atoms with van der Waals surface area (Å²) in [5.74, 6) is 0.359. The molecule has 12 heavy (non-hydrogen) atoms. The van der Waals surface area contributed by atoms with Gasteiger partial charge in [0, 0.05) is 4.47 Å². The van der Waals surface area contributed by atoms with Crippen molar-refractivity contribution in [2.75, 3.05) is 4.43 Å². The Kier molecular flexibility index (Phi) is 4.00. The summed E-state index contributed by atoms with van der Waals surface area (Å²) >= 11 is 5.25. The number of carbonyl (C=O) groups is 1. The van der Waals surface area contributed by atoms with E-state index in [1.165, 1.54) is 0 Å². The van der Waals surface area contributed by atoms with Crippen LogP contribution < -0.4 is 4.74 Å². The van der Waals surface area contributed by atoms with E-state index in [1.807, 2.05) is 34.7 Å². The first-order valence-electron chi connectivity index (χ1n) is 3.24. The third-order valence-electron chi connectivity index (χ3n) is 1.15. The fourth-order valence-corrected chi connectivity index (χ4v) is 1.08. The van der Waals surface area contributed by atoms with Crippen LogP contribution in [-0.2, 0) is 4.79 Å². The maximum atomic E-state index is 10.8. The summed E-state index contributed by atoms with van der Waals surface area (Å²) in [6.07, 6.45) is 0. The van der Waals surface area contributed by atoms with Crippen molar-refractivity contribution >= 4 is 44.5 Å². The van der Waals surface area contributed by atoms with Gasteiger partial charge in [0.1, 0.15) is 5.75 Å². The van der Waals surface area contributed by atoms with E-state index in [0.29, 0.717) is 10.2 Å². The number of benzene rings is 1. The molecule has 0 atom stereocenters. The normalized spacial score (nSPS) is 9.50. The number of ether oxygens (including phenoxy) is 1. The van der Waals surface area contributed by atoms with Gasteiger partial charge in [0.15, 0.2) is 0 Å². The van der Waals surface area contributed by atoms with Crippen LogP contribution in [0.5, 0.6) is 5.75 Å². The van der Waals surface area contributed by atoms with Gasteiger partial charge in [-0.1, -0.05) is 38.5 Å². The number of hydrogen-bond donors (Lipinski definition) is 0. The Balaban J connectivity index is 2.64. The molecule has 0 spiro atoms. The third kappa shape index (κ3) is 3.10. The Morgan fingerprint density at radius 2 is 2.00 bits per heavy atom. The summed E-state index contributed by atoms with van der Waals surface area (Å²) in [4.78, 5) is 10.8. The number of carbonyl (C=O) groups excluding carboxylic acids is 1. The summed E-state index contributed by atoms with van der Waals surface area (Å²) in [5.41, 5.74) is 0. The molecule has 0 unspecified atom stereocenters. The van der Waals surface area contributed by atoms with Crippen LogP contribution in [0.4, 0.5) is 0 Å². The van der Waals surface area contributed by atoms with Crippen molar-refractivity contribution in [2.24, 2.45) is 0 Å². The van der Waals surface area contributed by atoms with Crippen molar-refractivity contribution in [1.29, 1.82) is 0 Å². The highest BCUT2D eigenvalue weighted by atomic mass is 127. The van der Waals surface area contributed by atoms with Crippen molar-refractivity contribution in [3.63, 3.8) is 0 Å². The molecule has 4 heteroatoms. The maximum absolute atomic E-state index is 10.8. The minimum atomic E-state index is -0.224. The predicted molar refractivity (Wildman–Crippen MR) is 58.7 cm³/mol. The molecule has 1 aromatic rings. The van der Waals surface area contributed by atoms with Gasteiger partial charge < -0.3 is 4.74 Å². The number of hydrogen-bond acceptors (Lipinski definition) is 2. The highest BCUT2D eigenvalue weighted by Crippen LogP contribution is 2.16. The fraction of sp³-hybridized carbons (Fsp3) is 0.125. The first-order valence-corrected chi connectivity index (χ1v) is 5.56. The zero-order valence-electron chi connectivity index (χ0n) is 6.09. The zero-order valence-corrected chi connectivity index (χ0v) is 9.83. The largest absolute Gasteiger partial charge is 0.426 e. The minimum Gasteiger partial charge on any atom is -0.426 e. The molecule has 0 saturated carbocycles. The lowest BCUT2D eigenvalue weighted by molar-refractivity contribution is -0.131. The van der Waals surface area contributed by atoms with Crippen molar-refractivity contribution in [1.82, 2.24) is 0 Å². The molecule has 0 amide bonds. The molecule has 0 heterocycles. The van der Waals surface area contributed by atoms with Gasteiger partial charge in [-0.2, -0.15) is 0 Å². The van der Waals surface area contributed by atoms with Gasteiger partial charge >= 0.3 is 5.97 Å². The molecule has 0 aliphatic heterocycles. The lowest BCUT2D eigenvalue weighted by Gasteiger charge is -2.00. The fourth-order valence-electron chi connectivity index (χ4n) is 0.661. The molecule has 1 aromatic carbocycles. The SMILES string of the molecule is O=C(CI)Oc1ccc(Br)cc1. The molecule has 0 N–H and O–H groups in total. The van der Waals surface area contributed by atoms with E-state index in [2.05, 4.69) is 15.9 Å². The van der Waals surface area contributed by atoms with Crippen LogP contribution in [0.2, 0.25) is 0 Å². The van der Waals surface area contributed by atoms with Gasteiger partial charge in [-0.3, -0.25) is 4.79 Å². The van der Waals surface area contributed by atoms with E-state index in [9.17, 15) is 4.79 Å². The molecule has 2 nitrogen and oxygen atoms in total. The van der Waals surface area contributed by atoms with Crippen molar-refractivity contribution in [2.45, 2.75) is 0 Å². The molecule has 0 aliphatic carbocycles. The van der Waals surface area contributed by atoms with E-state index < -0.39 is 0 Å². The van der Waals surface area contributed by atoms with E-state index >= 15 is 0 Å². The Morgan fingerprint density at radius 3 is 2.50 bits per heavy atom. The molecule has 0 aliphatic rings. The predicted octanol–water partition coefficient (Wildman–Crippen LogP) is 2.79. The van der Waals surface area contributed by atoms with Gasteiger partial charge in [-0.15, -0.1) is 0 Å². The van der Waals surface area contributed by atoms with Crippen LogP contribution in [0.3, 0.4) is 0 Å². The monoisotopic (exact) mass is 340 g/mol. The molecule has 0 saturated heterocycles. The van der Waals surface area contributed by atoms with Gasteiger partial charge in [0.05, 0.1) is 4.43 Å². The zero-order chi connectivity index (χ0) is 8.97. The molecular formula is C8H6BrIO2. The van der Waals surface area contributed by atoms with Crippen LogP contribution in [0, 0.1) is 0 Å². The van der Waals surface area contributed by atoms with Crippen molar-refractivity contribution < 1.29 is 9.53 Å². The maximum Gasteiger partial charge on any atom is 0.321 e. The smallest absolute Gasteiger partial charge is 0.321 e. The highest BCUT2D eigenvalue weighted by molar-refractivity contribution is 14.1. The average molecular weight is 341 g/mol. The Bertz CT molecular complexity index is 271. The summed E-state index contributed by atoms with van der Waals surface area (Å²) < 4.78 is 6.29. The van der Waals surface area contributed by atoms with Crippen LogP contribution in [0.1, 0.15) is 0 Å². The molecule has 0 bridgehead atoms. The van der Waals surface area contributed by atoms with Gasteiger partial charge in [-0.05, 0) is 24.3 Å². The van der Waals surface area contributed by atoms with E-state index in [4.69, 9.17) is 4.74 Å². The van der Waals surface area contributed by atoms with Gasteiger partial charge in [0.2, 0.25) is 0 Å². The molecule has 0 aromatic heterocycles. The van der Waals surface area contributed by atoms with Gasteiger partial charge in [0.25, 0.3) is 0 Å². The number of alkyl halides is 1. The van der Waals surface area contributed by atoms with Crippen LogP contribution >= 0.6 is 38.5 Å². The number of halogens is 2. The molecule has 0 fully saturated rings. The van der Waals surface area contributed by atoms with Crippen molar-refractivity contribution in [3.8, 4) is 5.75 Å².